The molecule has 0 aliphatic heterocycles. The smallest absolute Gasteiger partial charge is 0.192 e. The molecule has 1 aliphatic carbocycles. The Bertz CT molecular complexity index is 266. The van der Waals surface area contributed by atoms with Crippen molar-refractivity contribution in [1.82, 2.24) is 0 Å². The predicted molar refractivity (Wildman–Crippen MR) is 70.1 cm³/mol. The highest BCUT2D eigenvalue weighted by Crippen LogP contribution is 2.39. The summed E-state index contributed by atoms with van der Waals surface area (Å²) < 4.78 is 6.34. The van der Waals surface area contributed by atoms with Crippen LogP contribution in [-0.2, 0) is 9.22 Å². The highest BCUT2D eigenvalue weighted by molar-refractivity contribution is 6.74. The van der Waals surface area contributed by atoms with Crippen LogP contribution in [0, 0.1) is 5.92 Å². The van der Waals surface area contributed by atoms with E-state index in [0.717, 1.165) is 12.8 Å². The van der Waals surface area contributed by atoms with Crippen molar-refractivity contribution in [1.29, 1.82) is 0 Å². The Kier molecular flexibility index (Phi) is 4.01. The largest absolute Gasteiger partial charge is 0.413 e. The molecule has 1 fully saturated rings. The SMILES string of the molecule is C[C@@H]1CCC(=O)C[C@@H]1O[Si](C)(C)C(C)(C)C. The topological polar surface area (TPSA) is 26.3 Å². The summed E-state index contributed by atoms with van der Waals surface area (Å²) in [6.45, 7) is 13.5. The lowest BCUT2D eigenvalue weighted by Crippen LogP contribution is -2.47. The van der Waals surface area contributed by atoms with Crippen molar-refractivity contribution >= 4 is 14.1 Å². The maximum Gasteiger partial charge on any atom is 0.192 e. The minimum Gasteiger partial charge on any atom is -0.413 e. The van der Waals surface area contributed by atoms with Gasteiger partial charge in [0.2, 0.25) is 0 Å². The Morgan fingerprint density at radius 3 is 2.38 bits per heavy atom. The van der Waals surface area contributed by atoms with E-state index in [-0.39, 0.29) is 11.1 Å². The predicted octanol–water partition coefficient (Wildman–Crippen LogP) is 3.77. The molecule has 2 atom stereocenters. The molecule has 0 bridgehead atoms. The zero-order valence-electron chi connectivity index (χ0n) is 11.6. The normalized spacial score (nSPS) is 28.2. The van der Waals surface area contributed by atoms with Gasteiger partial charge in [-0.3, -0.25) is 4.79 Å². The summed E-state index contributed by atoms with van der Waals surface area (Å²) in [6.07, 6.45) is 2.55. The zero-order valence-corrected chi connectivity index (χ0v) is 12.6. The lowest BCUT2D eigenvalue weighted by atomic mass is 9.87. The summed E-state index contributed by atoms with van der Waals surface area (Å²) in [5.74, 6) is 0.911. The van der Waals surface area contributed by atoms with Gasteiger partial charge in [0.25, 0.3) is 0 Å². The fraction of sp³-hybridized carbons (Fsp3) is 0.923. The van der Waals surface area contributed by atoms with Gasteiger partial charge < -0.3 is 4.43 Å². The van der Waals surface area contributed by atoms with Crippen LogP contribution in [0.15, 0.2) is 0 Å². The molecule has 0 amide bonds. The molecule has 94 valence electrons. The van der Waals surface area contributed by atoms with Gasteiger partial charge in [0.1, 0.15) is 5.78 Å². The molecular formula is C13H26O2Si. The van der Waals surface area contributed by atoms with E-state index < -0.39 is 8.32 Å². The lowest BCUT2D eigenvalue weighted by molar-refractivity contribution is -0.124. The fourth-order valence-electron chi connectivity index (χ4n) is 1.82. The number of carbonyl (C=O) groups is 1. The summed E-state index contributed by atoms with van der Waals surface area (Å²) in [5, 5.41) is 0.229. The van der Waals surface area contributed by atoms with E-state index in [1.54, 1.807) is 0 Å². The molecule has 1 rings (SSSR count). The Labute approximate surface area is 101 Å². The third kappa shape index (κ3) is 3.17. The molecule has 0 spiro atoms. The second kappa shape index (κ2) is 4.61. The number of hydrogen-bond donors (Lipinski definition) is 0. The van der Waals surface area contributed by atoms with Gasteiger partial charge in [0.05, 0.1) is 6.10 Å². The van der Waals surface area contributed by atoms with E-state index in [4.69, 9.17) is 4.43 Å². The van der Waals surface area contributed by atoms with Gasteiger partial charge in [-0.1, -0.05) is 27.7 Å². The summed E-state index contributed by atoms with van der Waals surface area (Å²) in [6, 6.07) is 0. The van der Waals surface area contributed by atoms with Gasteiger partial charge in [0.15, 0.2) is 8.32 Å². The molecule has 0 aromatic carbocycles. The Morgan fingerprint density at radius 2 is 1.88 bits per heavy atom. The van der Waals surface area contributed by atoms with Gasteiger partial charge in [-0.25, -0.2) is 0 Å². The minimum absolute atomic E-state index is 0.169. The fourth-order valence-corrected chi connectivity index (χ4v) is 3.24. The summed E-state index contributed by atoms with van der Waals surface area (Å²) in [4.78, 5) is 11.5. The maximum atomic E-state index is 11.5. The summed E-state index contributed by atoms with van der Waals surface area (Å²) >= 11 is 0. The minimum atomic E-state index is -1.72. The van der Waals surface area contributed by atoms with Crippen molar-refractivity contribution in [3.05, 3.63) is 0 Å². The van der Waals surface area contributed by atoms with Crippen LogP contribution in [0.2, 0.25) is 18.1 Å². The monoisotopic (exact) mass is 242 g/mol. The van der Waals surface area contributed by atoms with Crippen LogP contribution in [0.4, 0.5) is 0 Å². The van der Waals surface area contributed by atoms with Gasteiger partial charge >= 0.3 is 0 Å². The molecule has 1 aliphatic rings. The third-order valence-electron chi connectivity index (χ3n) is 4.19. The first kappa shape index (κ1) is 13.9. The van der Waals surface area contributed by atoms with Crippen molar-refractivity contribution < 1.29 is 9.22 Å². The molecular weight excluding hydrogens is 216 g/mol. The second-order valence-electron chi connectivity index (χ2n) is 6.68. The number of ketones is 1. The quantitative estimate of drug-likeness (QED) is 0.689. The average Bonchev–Trinajstić information content (AvgIpc) is 2.09. The number of Topliss-reactive ketones (excluding diaryl/α,β-unsaturated/α-hetero) is 1. The van der Waals surface area contributed by atoms with Crippen LogP contribution in [-0.4, -0.2) is 20.2 Å². The number of hydrogen-bond acceptors (Lipinski definition) is 2. The van der Waals surface area contributed by atoms with E-state index in [1.807, 2.05) is 0 Å². The molecule has 0 N–H and O–H groups in total. The van der Waals surface area contributed by atoms with Crippen LogP contribution in [0.5, 0.6) is 0 Å². The van der Waals surface area contributed by atoms with Crippen molar-refractivity contribution in [3.63, 3.8) is 0 Å². The van der Waals surface area contributed by atoms with Crippen molar-refractivity contribution in [3.8, 4) is 0 Å². The molecule has 0 aromatic rings. The van der Waals surface area contributed by atoms with Gasteiger partial charge in [0, 0.05) is 12.8 Å². The molecule has 0 unspecified atom stereocenters. The first-order chi connectivity index (χ1) is 7.13. The zero-order chi connectivity index (χ0) is 12.6. The average molecular weight is 242 g/mol. The number of carbonyl (C=O) groups excluding carboxylic acids is 1. The summed E-state index contributed by atoms with van der Waals surface area (Å²) in [5.41, 5.74) is 0. The molecule has 0 radical (unpaired) electrons. The molecule has 0 saturated heterocycles. The first-order valence-corrected chi connectivity index (χ1v) is 9.24. The maximum absolute atomic E-state index is 11.5. The van der Waals surface area contributed by atoms with Crippen LogP contribution >= 0.6 is 0 Å². The van der Waals surface area contributed by atoms with Gasteiger partial charge in [-0.05, 0) is 30.5 Å². The van der Waals surface area contributed by atoms with Crippen molar-refractivity contribution in [2.45, 2.75) is 71.2 Å². The summed E-state index contributed by atoms with van der Waals surface area (Å²) in [7, 11) is -1.72. The second-order valence-corrected chi connectivity index (χ2v) is 11.4. The van der Waals surface area contributed by atoms with Crippen LogP contribution in [0.1, 0.15) is 47.0 Å². The van der Waals surface area contributed by atoms with Crippen LogP contribution in [0.25, 0.3) is 0 Å². The van der Waals surface area contributed by atoms with E-state index in [0.29, 0.717) is 18.1 Å². The highest BCUT2D eigenvalue weighted by Gasteiger charge is 2.41. The van der Waals surface area contributed by atoms with E-state index in [9.17, 15) is 4.79 Å². The highest BCUT2D eigenvalue weighted by atomic mass is 28.4. The third-order valence-corrected chi connectivity index (χ3v) is 8.70. The van der Waals surface area contributed by atoms with E-state index >= 15 is 0 Å². The molecule has 0 heterocycles. The Balaban J connectivity index is 2.68. The molecule has 1 saturated carbocycles. The molecule has 0 aromatic heterocycles. The Morgan fingerprint density at radius 1 is 1.31 bits per heavy atom. The molecule has 2 nitrogen and oxygen atoms in total. The van der Waals surface area contributed by atoms with Crippen molar-refractivity contribution in [2.75, 3.05) is 0 Å². The Hall–Kier alpha value is -0.153. The lowest BCUT2D eigenvalue weighted by Gasteiger charge is -2.42. The standard InChI is InChI=1S/C13H26O2Si/c1-10-7-8-11(14)9-12(10)15-16(5,6)13(2,3)4/h10,12H,7-9H2,1-6H3/t10-,12+/m1/s1. The molecule has 3 heteroatoms. The first-order valence-electron chi connectivity index (χ1n) is 6.33. The van der Waals surface area contributed by atoms with Gasteiger partial charge in [-0.2, -0.15) is 0 Å². The van der Waals surface area contributed by atoms with Crippen LogP contribution < -0.4 is 0 Å². The van der Waals surface area contributed by atoms with E-state index in [1.165, 1.54) is 0 Å². The molecule has 16 heavy (non-hydrogen) atoms. The van der Waals surface area contributed by atoms with Gasteiger partial charge in [-0.15, -0.1) is 0 Å². The van der Waals surface area contributed by atoms with E-state index in [2.05, 4.69) is 40.8 Å². The van der Waals surface area contributed by atoms with Crippen LogP contribution in [0.3, 0.4) is 0 Å². The van der Waals surface area contributed by atoms with Crippen molar-refractivity contribution in [2.24, 2.45) is 5.92 Å². The number of rotatable bonds is 2.